The van der Waals surface area contributed by atoms with Gasteiger partial charge in [0.2, 0.25) is 5.60 Å². The molecule has 6 unspecified atom stereocenters. The van der Waals surface area contributed by atoms with E-state index in [0.717, 1.165) is 12.8 Å². The fourth-order valence-corrected chi connectivity index (χ4v) is 14.1. The molecule has 0 radical (unpaired) electrons. The molecule has 6 bridgehead atoms. The van der Waals surface area contributed by atoms with Crippen LogP contribution in [0.25, 0.3) is 0 Å². The van der Waals surface area contributed by atoms with Crippen LogP contribution in [0.4, 0.5) is 0 Å². The van der Waals surface area contributed by atoms with Crippen LogP contribution in [-0.2, 0) is 81.7 Å². The Bertz CT molecular complexity index is 2210. The van der Waals surface area contributed by atoms with E-state index in [1.807, 2.05) is 34.6 Å². The van der Waals surface area contributed by atoms with E-state index in [1.54, 1.807) is 27.7 Å². The van der Waals surface area contributed by atoms with Crippen molar-refractivity contribution < 1.29 is 119 Å². The first kappa shape index (κ1) is 53.9. The number of hydrogen-bond acceptors (Lipinski definition) is 19. The first-order chi connectivity index (χ1) is 26.8. The van der Waals surface area contributed by atoms with Gasteiger partial charge in [0.15, 0.2) is 0 Å². The molecule has 0 amide bonds. The van der Waals surface area contributed by atoms with Gasteiger partial charge in [-0.3, -0.25) is 18.6 Å². The van der Waals surface area contributed by atoms with Gasteiger partial charge in [0.1, 0.15) is 17.8 Å². The maximum atomic E-state index is 12.1. The van der Waals surface area contributed by atoms with Gasteiger partial charge in [-0.1, -0.05) is 41.5 Å². The zero-order valence-corrected chi connectivity index (χ0v) is 41.5. The third kappa shape index (κ3) is 8.95. The molecule has 4 heterocycles. The molecule has 0 aromatic rings. The van der Waals surface area contributed by atoms with Crippen LogP contribution in [0, 0.1) is 32.5 Å². The molecule has 20 nitrogen and oxygen atoms in total. The van der Waals surface area contributed by atoms with Gasteiger partial charge in [-0.25, -0.2) is 13.2 Å². The molecule has 7 fully saturated rings. The summed E-state index contributed by atoms with van der Waals surface area (Å²) in [6.45, 7) is 16.5. The van der Waals surface area contributed by atoms with Crippen LogP contribution >= 0.6 is 0 Å². The maximum absolute atomic E-state index is 12.1. The summed E-state index contributed by atoms with van der Waals surface area (Å²) in [4.78, 5) is 46.5. The predicted octanol–water partition coefficient (Wildman–Crippen LogP) is -1.25. The number of carbonyl (C=O) groups excluding carboxylic acids is 3. The van der Waals surface area contributed by atoms with E-state index in [-0.39, 0.29) is 90.4 Å². The molecule has 3 saturated carbocycles. The van der Waals surface area contributed by atoms with E-state index in [9.17, 15) is 67.6 Å². The minimum Gasteiger partial charge on any atom is -0.748 e. The van der Waals surface area contributed by atoms with Gasteiger partial charge in [-0.15, -0.1) is 3.63 Å². The molecule has 0 spiro atoms. The summed E-state index contributed by atoms with van der Waals surface area (Å²) in [5, 5.41) is 18.5. The van der Waals surface area contributed by atoms with Gasteiger partial charge >= 0.3 is 53.4 Å². The number of carbonyl (C=O) groups is 4. The summed E-state index contributed by atoms with van der Waals surface area (Å²) < 4.78 is 122. The Hall–Kier alpha value is -1.48. The van der Waals surface area contributed by atoms with Crippen molar-refractivity contribution in [1.82, 2.24) is 0 Å². The van der Waals surface area contributed by atoms with Crippen molar-refractivity contribution in [1.29, 1.82) is 0 Å². The molecule has 4 aliphatic heterocycles. The summed E-state index contributed by atoms with van der Waals surface area (Å²) in [5.41, 5.74) is -6.05. The van der Waals surface area contributed by atoms with Crippen LogP contribution in [-0.4, -0.2) is 125 Å². The van der Waals surface area contributed by atoms with Gasteiger partial charge in [0.25, 0.3) is 30.4 Å². The van der Waals surface area contributed by atoms with Crippen molar-refractivity contribution in [2.45, 2.75) is 130 Å². The standard InChI is InChI=1S/C13H22O8S2.C10H14O4.C10H16O3.C3H6O5S2.Na/c1-11(2)12(3)5-6-13(11,21-10(12)14)9-20-23(18,19)8-4-7-22(15,16)17;1-8(2)9(3)4-5-10(8,6(11)12)14-7(9)13;1-8(2)9(3)4-5-10(8,6-11)13-7(9)12;4-9(5)2-1-3-10(6,7)8-9;/h4-9H2,1-3H3,(H,15,16,17);4-5H2,1-3H3,(H,11,12);11H,4-6H2,1-3H3;1-3H2;/q;;;;+1/p-1. The number of fused-ring (bicyclic) bond motifs is 6. The summed E-state index contributed by atoms with van der Waals surface area (Å²) in [6, 6.07) is 0. The number of carboxylic acid groups (broad SMARTS) is 1. The minimum atomic E-state index is -4.46. The maximum Gasteiger partial charge on any atom is 1.00 e. The molecule has 2 N–H and O–H groups in total. The topological polar surface area (TPSA) is 315 Å². The normalized spacial score (nSPS) is 37.3. The number of esters is 3. The largest absolute Gasteiger partial charge is 1.00 e. The van der Waals surface area contributed by atoms with Gasteiger partial charge in [-0.2, -0.15) is 25.3 Å². The summed E-state index contributed by atoms with van der Waals surface area (Å²) in [7, 11) is -16.0. The molecule has 0 aromatic heterocycles. The van der Waals surface area contributed by atoms with E-state index in [2.05, 4.69) is 3.63 Å². The van der Waals surface area contributed by atoms with Gasteiger partial charge in [-0.05, 0) is 72.1 Å². The van der Waals surface area contributed by atoms with Crippen molar-refractivity contribution in [3.63, 3.8) is 0 Å². The molecule has 346 valence electrons. The van der Waals surface area contributed by atoms with Crippen molar-refractivity contribution in [2.75, 3.05) is 36.2 Å². The second-order valence-electron chi connectivity index (χ2n) is 18.9. The first-order valence-electron chi connectivity index (χ1n) is 19.4. The van der Waals surface area contributed by atoms with Gasteiger partial charge in [0.05, 0.1) is 50.2 Å². The van der Waals surface area contributed by atoms with Crippen LogP contribution in [0.3, 0.4) is 0 Å². The second kappa shape index (κ2) is 16.7. The molecule has 3 aliphatic carbocycles. The van der Waals surface area contributed by atoms with Crippen molar-refractivity contribution >= 4 is 64.3 Å². The van der Waals surface area contributed by atoms with Gasteiger partial charge in [0, 0.05) is 22.0 Å². The first-order valence-corrected chi connectivity index (χ1v) is 25.7. The molecule has 6 atom stereocenters. The summed E-state index contributed by atoms with van der Waals surface area (Å²) >= 11 is 0. The van der Waals surface area contributed by atoms with Gasteiger partial charge < -0.3 is 29.0 Å². The Kier molecular flexibility index (Phi) is 14.8. The van der Waals surface area contributed by atoms with E-state index < -0.39 is 102 Å². The number of hydrogen-bond donors (Lipinski definition) is 2. The number of aliphatic hydroxyl groups is 1. The number of ether oxygens (including phenoxy) is 3. The Morgan fingerprint density at radius 3 is 1.36 bits per heavy atom. The Morgan fingerprint density at radius 1 is 0.672 bits per heavy atom. The molecule has 61 heavy (non-hydrogen) atoms. The van der Waals surface area contributed by atoms with Crippen molar-refractivity contribution in [3.05, 3.63) is 0 Å². The number of carboxylic acids is 1. The zero-order valence-electron chi connectivity index (χ0n) is 36.3. The quantitative estimate of drug-likeness (QED) is 0.0897. The fraction of sp³-hybridized carbons (Fsp3) is 0.889. The predicted molar refractivity (Wildman–Crippen MR) is 207 cm³/mol. The van der Waals surface area contributed by atoms with Crippen LogP contribution < -0.4 is 29.6 Å². The minimum absolute atomic E-state index is 0. The SMILES string of the molecule is CC12CCC(C(=O)O)(OC1=O)C2(C)C.CC12CCC(CO)(OC1=O)C2(C)C.CC12CCC(COS(=O)(=O)CCCS(=O)(=O)[O-])(OC1=O)C2(C)C.O=S1(=O)CCCS(=O)(=O)O1.[Na+]. The number of aliphatic carboxylic acids is 1. The third-order valence-corrected chi connectivity index (χ3v) is 20.8. The fourth-order valence-electron chi connectivity index (χ4n) is 9.42. The molecular formula is C36H57NaO20S4. The van der Waals surface area contributed by atoms with Crippen LogP contribution in [0.2, 0.25) is 0 Å². The third-order valence-electron chi connectivity index (χ3n) is 15.5. The Labute approximate surface area is 380 Å². The summed E-state index contributed by atoms with van der Waals surface area (Å²) in [6.07, 6.45) is 3.55. The molecule has 7 rings (SSSR count). The van der Waals surface area contributed by atoms with E-state index in [4.69, 9.17) is 18.4 Å². The van der Waals surface area contributed by atoms with Crippen molar-refractivity contribution in [3.8, 4) is 0 Å². The number of rotatable bonds is 9. The monoisotopic (exact) mass is 960 g/mol. The molecule has 4 saturated heterocycles. The van der Waals surface area contributed by atoms with E-state index in [1.165, 1.54) is 0 Å². The van der Waals surface area contributed by atoms with Crippen LogP contribution in [0.5, 0.6) is 0 Å². The van der Waals surface area contributed by atoms with Crippen LogP contribution in [0.1, 0.15) is 114 Å². The second-order valence-corrected chi connectivity index (χ2v) is 25.8. The molecule has 7 aliphatic rings. The van der Waals surface area contributed by atoms with Crippen LogP contribution in [0.15, 0.2) is 0 Å². The molecular weight excluding hydrogens is 904 g/mol. The van der Waals surface area contributed by atoms with E-state index in [0.29, 0.717) is 25.7 Å². The Balaban J connectivity index is 0.000000227. The molecule has 25 heteroatoms. The summed E-state index contributed by atoms with van der Waals surface area (Å²) in [5.74, 6) is -3.62. The number of aliphatic hydroxyl groups excluding tert-OH is 1. The average molecular weight is 961 g/mol. The average Bonchev–Trinajstić information content (AvgIpc) is 3.67. The molecule has 0 aromatic carbocycles. The smallest absolute Gasteiger partial charge is 0.748 e. The Morgan fingerprint density at radius 2 is 1.08 bits per heavy atom. The van der Waals surface area contributed by atoms with E-state index >= 15 is 0 Å². The van der Waals surface area contributed by atoms with Crippen molar-refractivity contribution in [2.24, 2.45) is 32.5 Å². The zero-order chi connectivity index (χ0) is 46.2.